The third kappa shape index (κ3) is 3.17. The lowest BCUT2D eigenvalue weighted by molar-refractivity contribution is 0.325. The zero-order valence-electron chi connectivity index (χ0n) is 12.6. The lowest BCUT2D eigenvalue weighted by Gasteiger charge is -2.27. The molecule has 1 aromatic rings. The van der Waals surface area contributed by atoms with Gasteiger partial charge < -0.3 is 10.6 Å². The first-order chi connectivity index (χ1) is 8.91. The highest BCUT2D eigenvalue weighted by molar-refractivity contribution is 5.58. The van der Waals surface area contributed by atoms with Gasteiger partial charge in [-0.1, -0.05) is 27.7 Å². The Morgan fingerprint density at radius 2 is 1.95 bits per heavy atom. The fourth-order valence-electron chi connectivity index (χ4n) is 2.84. The molecule has 2 N–H and O–H groups in total. The fourth-order valence-corrected chi connectivity index (χ4v) is 2.84. The summed E-state index contributed by atoms with van der Waals surface area (Å²) in [6, 6.07) is 0. The van der Waals surface area contributed by atoms with Crippen LogP contribution in [0.25, 0.3) is 0 Å². The van der Waals surface area contributed by atoms with Gasteiger partial charge in [-0.3, -0.25) is 0 Å². The van der Waals surface area contributed by atoms with E-state index >= 15 is 0 Å². The Labute approximate surface area is 116 Å². The molecule has 0 atom stereocenters. The van der Waals surface area contributed by atoms with Gasteiger partial charge in [0.05, 0.1) is 0 Å². The minimum Gasteiger partial charge on any atom is -0.383 e. The molecule has 2 heterocycles. The number of nitrogens with two attached hydrogens (primary N) is 1. The van der Waals surface area contributed by atoms with E-state index in [0.29, 0.717) is 17.2 Å². The molecule has 0 aliphatic carbocycles. The van der Waals surface area contributed by atoms with E-state index in [1.54, 1.807) is 6.33 Å². The van der Waals surface area contributed by atoms with Crippen molar-refractivity contribution in [3.8, 4) is 0 Å². The SMILES string of the molecule is CC(C)c1c(N)ncnc1N1CCCC(C)(C)CC1. The summed E-state index contributed by atoms with van der Waals surface area (Å²) in [7, 11) is 0. The minimum absolute atomic E-state index is 0.354. The van der Waals surface area contributed by atoms with Crippen LogP contribution in [0.1, 0.15) is 58.4 Å². The number of nitrogen functional groups attached to an aromatic ring is 1. The molecule has 19 heavy (non-hydrogen) atoms. The minimum atomic E-state index is 0.354. The van der Waals surface area contributed by atoms with Gasteiger partial charge in [0.1, 0.15) is 18.0 Å². The predicted octanol–water partition coefficient (Wildman–Crippen LogP) is 3.20. The molecule has 0 unspecified atom stereocenters. The Morgan fingerprint density at radius 1 is 1.21 bits per heavy atom. The molecule has 1 aliphatic heterocycles. The monoisotopic (exact) mass is 262 g/mol. The normalized spacial score (nSPS) is 19.5. The Balaban J connectivity index is 2.29. The molecule has 0 amide bonds. The standard InChI is InChI=1S/C15H26N4/c1-11(2)12-13(16)17-10-18-14(12)19-8-5-6-15(3,4)7-9-19/h10-11H,5-9H2,1-4H3,(H2,16,17,18). The zero-order valence-corrected chi connectivity index (χ0v) is 12.6. The molecule has 4 nitrogen and oxygen atoms in total. The molecule has 0 spiro atoms. The predicted molar refractivity (Wildman–Crippen MR) is 80.4 cm³/mol. The van der Waals surface area contributed by atoms with Crippen LogP contribution in [-0.4, -0.2) is 23.1 Å². The first-order valence-electron chi connectivity index (χ1n) is 7.26. The van der Waals surface area contributed by atoms with Crippen molar-refractivity contribution in [2.24, 2.45) is 5.41 Å². The van der Waals surface area contributed by atoms with Gasteiger partial charge in [-0.15, -0.1) is 0 Å². The maximum Gasteiger partial charge on any atom is 0.137 e. The summed E-state index contributed by atoms with van der Waals surface area (Å²) >= 11 is 0. The third-order valence-corrected chi connectivity index (χ3v) is 4.11. The second-order valence-corrected chi connectivity index (χ2v) is 6.66. The lowest BCUT2D eigenvalue weighted by atomic mass is 9.85. The number of nitrogens with zero attached hydrogens (tertiary/aromatic N) is 3. The summed E-state index contributed by atoms with van der Waals surface area (Å²) in [5.74, 6) is 2.02. The summed E-state index contributed by atoms with van der Waals surface area (Å²) in [5.41, 5.74) is 7.58. The smallest absolute Gasteiger partial charge is 0.137 e. The molecule has 1 aliphatic rings. The van der Waals surface area contributed by atoms with E-state index in [1.165, 1.54) is 19.3 Å². The Hall–Kier alpha value is -1.32. The molecular weight excluding hydrogens is 236 g/mol. The Bertz CT molecular complexity index is 440. The van der Waals surface area contributed by atoms with Crippen molar-refractivity contribution in [1.82, 2.24) is 9.97 Å². The van der Waals surface area contributed by atoms with Crippen molar-refractivity contribution in [1.29, 1.82) is 0 Å². The van der Waals surface area contributed by atoms with E-state index in [0.717, 1.165) is 24.5 Å². The number of hydrogen-bond donors (Lipinski definition) is 1. The summed E-state index contributed by atoms with van der Waals surface area (Å²) in [5, 5.41) is 0. The van der Waals surface area contributed by atoms with Gasteiger partial charge in [-0.2, -0.15) is 0 Å². The highest BCUT2D eigenvalue weighted by Crippen LogP contribution is 2.34. The van der Waals surface area contributed by atoms with Crippen LogP contribution in [0.15, 0.2) is 6.33 Å². The molecule has 1 aromatic heterocycles. The van der Waals surface area contributed by atoms with E-state index in [9.17, 15) is 0 Å². The van der Waals surface area contributed by atoms with Crippen LogP contribution < -0.4 is 10.6 Å². The Kier molecular flexibility index (Phi) is 3.97. The van der Waals surface area contributed by atoms with Crippen molar-refractivity contribution in [2.45, 2.75) is 52.9 Å². The Morgan fingerprint density at radius 3 is 2.63 bits per heavy atom. The van der Waals surface area contributed by atoms with Crippen LogP contribution >= 0.6 is 0 Å². The number of aromatic nitrogens is 2. The average Bonchev–Trinajstić information content (AvgIpc) is 2.49. The second-order valence-electron chi connectivity index (χ2n) is 6.66. The maximum atomic E-state index is 6.04. The van der Waals surface area contributed by atoms with Crippen LogP contribution in [-0.2, 0) is 0 Å². The fraction of sp³-hybridized carbons (Fsp3) is 0.733. The van der Waals surface area contributed by atoms with Crippen LogP contribution in [0.5, 0.6) is 0 Å². The van der Waals surface area contributed by atoms with Gasteiger partial charge >= 0.3 is 0 Å². The van der Waals surface area contributed by atoms with Gasteiger partial charge in [0.2, 0.25) is 0 Å². The van der Waals surface area contributed by atoms with Crippen LogP contribution in [0, 0.1) is 5.41 Å². The van der Waals surface area contributed by atoms with Crippen molar-refractivity contribution >= 4 is 11.6 Å². The first kappa shape index (κ1) is 14.1. The number of rotatable bonds is 2. The summed E-state index contributed by atoms with van der Waals surface area (Å²) < 4.78 is 0. The molecule has 2 rings (SSSR count). The molecule has 4 heteroatoms. The molecule has 0 aromatic carbocycles. The topological polar surface area (TPSA) is 55.0 Å². The largest absolute Gasteiger partial charge is 0.383 e. The number of anilines is 2. The van der Waals surface area contributed by atoms with Crippen molar-refractivity contribution in [2.75, 3.05) is 23.7 Å². The number of hydrogen-bond acceptors (Lipinski definition) is 4. The highest BCUT2D eigenvalue weighted by atomic mass is 15.2. The van der Waals surface area contributed by atoms with Crippen LogP contribution in [0.4, 0.5) is 11.6 Å². The van der Waals surface area contributed by atoms with Crippen molar-refractivity contribution < 1.29 is 0 Å². The lowest BCUT2D eigenvalue weighted by Crippen LogP contribution is -2.28. The van der Waals surface area contributed by atoms with Gasteiger partial charge in [0.25, 0.3) is 0 Å². The summed E-state index contributed by atoms with van der Waals surface area (Å²) in [4.78, 5) is 11.0. The molecule has 1 saturated heterocycles. The first-order valence-corrected chi connectivity index (χ1v) is 7.26. The van der Waals surface area contributed by atoms with Gasteiger partial charge in [0, 0.05) is 18.7 Å². The van der Waals surface area contributed by atoms with Crippen LogP contribution in [0.3, 0.4) is 0 Å². The zero-order chi connectivity index (χ0) is 14.0. The van der Waals surface area contributed by atoms with Crippen molar-refractivity contribution in [3.63, 3.8) is 0 Å². The van der Waals surface area contributed by atoms with Gasteiger partial charge in [-0.05, 0) is 30.6 Å². The summed E-state index contributed by atoms with van der Waals surface area (Å²) in [6.07, 6.45) is 5.29. The maximum absolute atomic E-state index is 6.04. The molecule has 0 saturated carbocycles. The second kappa shape index (κ2) is 5.35. The molecule has 106 valence electrons. The molecule has 0 bridgehead atoms. The van der Waals surface area contributed by atoms with E-state index < -0.39 is 0 Å². The van der Waals surface area contributed by atoms with Crippen LogP contribution in [0.2, 0.25) is 0 Å². The highest BCUT2D eigenvalue weighted by Gasteiger charge is 2.26. The third-order valence-electron chi connectivity index (χ3n) is 4.11. The van der Waals surface area contributed by atoms with E-state index in [4.69, 9.17) is 5.73 Å². The van der Waals surface area contributed by atoms with Gasteiger partial charge in [-0.25, -0.2) is 9.97 Å². The quantitative estimate of drug-likeness (QED) is 0.889. The van der Waals surface area contributed by atoms with E-state index in [-0.39, 0.29) is 0 Å². The molecular formula is C15H26N4. The summed E-state index contributed by atoms with van der Waals surface area (Å²) in [6.45, 7) is 11.1. The molecule has 1 fully saturated rings. The molecule has 0 radical (unpaired) electrons. The van der Waals surface area contributed by atoms with Crippen molar-refractivity contribution in [3.05, 3.63) is 11.9 Å². The van der Waals surface area contributed by atoms with Gasteiger partial charge in [0.15, 0.2) is 0 Å². The van der Waals surface area contributed by atoms with E-state index in [1.807, 2.05) is 0 Å². The average molecular weight is 262 g/mol. The van der Waals surface area contributed by atoms with E-state index in [2.05, 4.69) is 42.6 Å².